The van der Waals surface area contributed by atoms with E-state index in [1.54, 1.807) is 0 Å². The zero-order chi connectivity index (χ0) is 4.12. The summed E-state index contributed by atoms with van der Waals surface area (Å²) in [6.45, 7) is 2.19. The molecule has 0 N–H and O–H groups in total. The zero-order valence-corrected chi connectivity index (χ0v) is 4.64. The minimum Gasteiger partial charge on any atom is -0.165 e. The van der Waals surface area contributed by atoms with Crippen LogP contribution in [0, 0.1) is 0 Å². The summed E-state index contributed by atoms with van der Waals surface area (Å²) in [7, 11) is 0. The molecule has 0 rings (SSSR count). The lowest BCUT2D eigenvalue weighted by atomic mass is 10.8. The monoisotopic (exact) mass is 92.1 g/mol. The smallest absolute Gasteiger partial charge is 0.00729 e. The van der Waals surface area contributed by atoms with Gasteiger partial charge in [-0.25, -0.2) is 0 Å². The van der Waals surface area contributed by atoms with Gasteiger partial charge in [-0.3, -0.25) is 0 Å². The molecular weight excluding hydrogens is 82.1 g/mol. The fourth-order valence-corrected chi connectivity index (χ4v) is 0.612. The number of hydrogen-bond donors (Lipinski definition) is 0. The lowest BCUT2D eigenvalue weighted by molar-refractivity contribution is 1.11. The second-order valence-electron chi connectivity index (χ2n) is 0.993. The third-order valence-electron chi connectivity index (χ3n) is 0.408. The summed E-state index contributed by atoms with van der Waals surface area (Å²) in [6.07, 6.45) is 3.44. The van der Waals surface area contributed by atoms with E-state index < -0.39 is 0 Å². The van der Waals surface area contributed by atoms with E-state index in [0.29, 0.717) is 0 Å². The molecule has 0 atom stereocenters. The van der Waals surface area contributed by atoms with Crippen LogP contribution in [0.15, 0.2) is 0 Å². The summed E-state index contributed by atoms with van der Waals surface area (Å²) in [6, 6.07) is 0. The van der Waals surface area contributed by atoms with Crippen molar-refractivity contribution in [3.8, 4) is 0 Å². The van der Waals surface area contributed by atoms with E-state index in [-0.39, 0.29) is 0 Å². The highest BCUT2D eigenvalue weighted by atomic mass is 32.2. The van der Waals surface area contributed by atoms with Crippen LogP contribution >= 0.6 is 11.8 Å². The molecule has 0 amide bonds. The van der Waals surface area contributed by atoms with Crippen LogP contribution in [0.5, 0.6) is 0 Å². The normalized spacial score (nSPS) is 8.40. The van der Waals surface area contributed by atoms with E-state index in [2.05, 4.69) is 13.2 Å². The second-order valence-corrected chi connectivity index (χ2v) is 1.98. The van der Waals surface area contributed by atoms with Crippen LogP contribution in [0.3, 0.4) is 0 Å². The molecular formula is C4H10S. The van der Waals surface area contributed by atoms with Gasteiger partial charge in [-0.15, -0.1) is 0 Å². The molecule has 1 heteroatoms. The third-order valence-corrected chi connectivity index (χ3v) is 1.22. The van der Waals surface area contributed by atoms with Crippen molar-refractivity contribution in [1.29, 1.82) is 0 Å². The van der Waals surface area contributed by atoms with Crippen molar-refractivity contribution >= 4 is 11.8 Å². The maximum atomic E-state index is 2.19. The Bertz CT molecular complexity index is 11.1. The molecule has 0 radical (unpaired) electrons. The molecule has 0 nitrogen and oxygen atoms in total. The predicted molar refractivity (Wildman–Crippen MR) is 28.7 cm³/mol. The van der Waals surface area contributed by atoms with E-state index in [4.69, 9.17) is 0 Å². The van der Waals surface area contributed by atoms with Crippen molar-refractivity contribution in [1.82, 2.24) is 0 Å². The van der Waals surface area contributed by atoms with Crippen LogP contribution in [0.1, 0.15) is 13.3 Å². The van der Waals surface area contributed by atoms with Crippen molar-refractivity contribution in [3.63, 3.8) is 0 Å². The van der Waals surface area contributed by atoms with Crippen LogP contribution in [0.2, 0.25) is 0 Å². The summed E-state index contributed by atoms with van der Waals surface area (Å²) in [4.78, 5) is 0. The van der Waals surface area contributed by atoms with Gasteiger partial charge in [0.2, 0.25) is 0 Å². The fourth-order valence-electron chi connectivity index (χ4n) is 0.204. The molecule has 0 aliphatic rings. The molecule has 0 aromatic rings. The Morgan fingerprint density at radius 1 is 1.80 bits per heavy atom. The van der Waals surface area contributed by atoms with Gasteiger partial charge in [-0.2, -0.15) is 11.8 Å². The minimum absolute atomic E-state index is 1.31. The van der Waals surface area contributed by atoms with Gasteiger partial charge >= 0.3 is 0 Å². The third kappa shape index (κ3) is 4.35. The molecule has 0 saturated carbocycles. The SMILES string of the molecule is CSCC[14CH3]. The Morgan fingerprint density at radius 2 is 2.40 bits per heavy atom. The average Bonchev–Trinajstić information content (AvgIpc) is 1.41. The van der Waals surface area contributed by atoms with Crippen LogP contribution in [0.25, 0.3) is 0 Å². The molecule has 0 bridgehead atoms. The van der Waals surface area contributed by atoms with Gasteiger partial charge in [0.15, 0.2) is 0 Å². The van der Waals surface area contributed by atoms with Gasteiger partial charge in [-0.05, 0) is 18.4 Å². The molecule has 0 fully saturated rings. The van der Waals surface area contributed by atoms with Crippen LogP contribution < -0.4 is 0 Å². The summed E-state index contributed by atoms with van der Waals surface area (Å²) >= 11 is 1.90. The molecule has 0 aliphatic carbocycles. The van der Waals surface area contributed by atoms with E-state index in [1.807, 2.05) is 11.8 Å². The van der Waals surface area contributed by atoms with Crippen LogP contribution in [0.4, 0.5) is 0 Å². The Morgan fingerprint density at radius 3 is 2.40 bits per heavy atom. The lowest BCUT2D eigenvalue weighted by Crippen LogP contribution is -1.64. The first-order chi connectivity index (χ1) is 2.41. The van der Waals surface area contributed by atoms with Gasteiger partial charge in [0.25, 0.3) is 0 Å². The quantitative estimate of drug-likeness (QED) is 0.500. The van der Waals surface area contributed by atoms with Crippen molar-refractivity contribution in [3.05, 3.63) is 0 Å². The van der Waals surface area contributed by atoms with Crippen LogP contribution in [-0.4, -0.2) is 12.0 Å². The van der Waals surface area contributed by atoms with Crippen molar-refractivity contribution < 1.29 is 0 Å². The summed E-state index contributed by atoms with van der Waals surface area (Å²) < 4.78 is 0. The predicted octanol–water partition coefficient (Wildman–Crippen LogP) is 1.76. The van der Waals surface area contributed by atoms with E-state index in [9.17, 15) is 0 Å². The standard InChI is InChI=1S/C4H10S/c1-3-4-5-2/h3-4H2,1-2H3/i1+2. The molecule has 0 unspecified atom stereocenters. The highest BCUT2D eigenvalue weighted by Crippen LogP contribution is 1.91. The van der Waals surface area contributed by atoms with Gasteiger partial charge in [0.05, 0.1) is 0 Å². The van der Waals surface area contributed by atoms with Gasteiger partial charge in [0.1, 0.15) is 0 Å². The number of hydrogen-bond acceptors (Lipinski definition) is 1. The Hall–Kier alpha value is 0.350. The van der Waals surface area contributed by atoms with Gasteiger partial charge in [-0.1, -0.05) is 6.92 Å². The summed E-state index contributed by atoms with van der Waals surface area (Å²) in [5.41, 5.74) is 0. The fraction of sp³-hybridized carbons (Fsp3) is 1.00. The number of thioether (sulfide) groups is 1. The topological polar surface area (TPSA) is 0 Å². The molecule has 0 spiro atoms. The second kappa shape index (κ2) is 4.35. The van der Waals surface area contributed by atoms with Crippen molar-refractivity contribution in [2.24, 2.45) is 0 Å². The van der Waals surface area contributed by atoms with E-state index in [0.717, 1.165) is 0 Å². The Kier molecular flexibility index (Phi) is 4.65. The first-order valence-corrected chi connectivity index (χ1v) is 3.30. The molecule has 32 valence electrons. The van der Waals surface area contributed by atoms with Crippen molar-refractivity contribution in [2.75, 3.05) is 12.0 Å². The zero-order valence-electron chi connectivity index (χ0n) is 3.82. The minimum atomic E-state index is 1.31. The van der Waals surface area contributed by atoms with Gasteiger partial charge < -0.3 is 0 Å². The van der Waals surface area contributed by atoms with E-state index in [1.165, 1.54) is 12.2 Å². The van der Waals surface area contributed by atoms with Crippen LogP contribution in [-0.2, 0) is 0 Å². The molecule has 0 saturated heterocycles. The molecule has 5 heavy (non-hydrogen) atoms. The average molecular weight is 92.2 g/mol. The number of rotatable bonds is 2. The largest absolute Gasteiger partial charge is 0.165 e. The maximum absolute atomic E-state index is 2.19. The molecule has 0 aromatic carbocycles. The maximum Gasteiger partial charge on any atom is -0.00729 e. The first-order valence-electron chi connectivity index (χ1n) is 1.90. The first kappa shape index (κ1) is 5.35. The summed E-state index contributed by atoms with van der Waals surface area (Å²) in [5, 5.41) is 0. The lowest BCUT2D eigenvalue weighted by Gasteiger charge is -1.80. The van der Waals surface area contributed by atoms with Gasteiger partial charge in [0, 0.05) is 0 Å². The summed E-state index contributed by atoms with van der Waals surface area (Å²) in [5.74, 6) is 1.31. The molecule has 0 heterocycles. The Balaban J connectivity index is 2.19. The molecule has 0 aromatic heterocycles. The highest BCUT2D eigenvalue weighted by molar-refractivity contribution is 7.98. The molecule has 0 aliphatic heterocycles. The Labute approximate surface area is 38.0 Å². The van der Waals surface area contributed by atoms with E-state index >= 15 is 0 Å². The van der Waals surface area contributed by atoms with Crippen molar-refractivity contribution in [2.45, 2.75) is 13.3 Å². The highest BCUT2D eigenvalue weighted by Gasteiger charge is 1.67.